The summed E-state index contributed by atoms with van der Waals surface area (Å²) in [5.41, 5.74) is 0.00787. The predicted octanol–water partition coefficient (Wildman–Crippen LogP) is 2.70. The first-order valence-corrected chi connectivity index (χ1v) is 5.10. The molecule has 0 fully saturated rings. The number of hydrogen-bond acceptors (Lipinski definition) is 2. The second kappa shape index (κ2) is 5.84. The molecule has 0 aliphatic rings. The van der Waals surface area contributed by atoms with Gasteiger partial charge >= 0.3 is 5.97 Å². The van der Waals surface area contributed by atoms with Crippen molar-refractivity contribution in [3.05, 3.63) is 54.9 Å². The van der Waals surface area contributed by atoms with Crippen molar-refractivity contribution in [3.8, 4) is 0 Å². The summed E-state index contributed by atoms with van der Waals surface area (Å²) in [6.07, 6.45) is 3.25. The third-order valence-corrected chi connectivity index (χ3v) is 2.25. The first-order valence-electron chi connectivity index (χ1n) is 5.10. The van der Waals surface area contributed by atoms with Crippen molar-refractivity contribution < 1.29 is 14.3 Å². The fourth-order valence-electron chi connectivity index (χ4n) is 1.57. The van der Waals surface area contributed by atoms with Gasteiger partial charge in [-0.3, -0.25) is 0 Å². The molecule has 0 spiro atoms. The van der Waals surface area contributed by atoms with E-state index >= 15 is 0 Å². The van der Waals surface area contributed by atoms with E-state index in [4.69, 9.17) is 5.11 Å². The zero-order valence-corrected chi connectivity index (χ0v) is 9.40. The van der Waals surface area contributed by atoms with Crippen LogP contribution in [0.3, 0.4) is 0 Å². The molecule has 1 rings (SSSR count). The maximum absolute atomic E-state index is 13.5. The topological polar surface area (TPSA) is 40.5 Å². The number of aromatic carboxylic acids is 1. The third-order valence-electron chi connectivity index (χ3n) is 2.25. The number of rotatable bonds is 6. The van der Waals surface area contributed by atoms with Crippen LogP contribution in [-0.4, -0.2) is 24.2 Å². The minimum Gasteiger partial charge on any atom is -0.478 e. The maximum Gasteiger partial charge on any atom is 0.340 e. The average Bonchev–Trinajstić information content (AvgIpc) is 2.28. The van der Waals surface area contributed by atoms with Crippen molar-refractivity contribution in [1.82, 2.24) is 0 Å². The van der Waals surface area contributed by atoms with Crippen LogP contribution in [0.2, 0.25) is 0 Å². The summed E-state index contributed by atoms with van der Waals surface area (Å²) >= 11 is 0. The van der Waals surface area contributed by atoms with E-state index in [-0.39, 0.29) is 5.56 Å². The fourth-order valence-corrected chi connectivity index (χ4v) is 1.57. The number of anilines is 1. The van der Waals surface area contributed by atoms with E-state index in [1.807, 2.05) is 0 Å². The Hall–Kier alpha value is -2.10. The number of carboxylic acid groups (broad SMARTS) is 1. The second-order valence-electron chi connectivity index (χ2n) is 3.42. The molecule has 0 aliphatic carbocycles. The number of hydrogen-bond donors (Lipinski definition) is 1. The van der Waals surface area contributed by atoms with E-state index in [1.54, 1.807) is 23.1 Å². The SMILES string of the molecule is C=CCN(CC=C)c1cccc(F)c1C(=O)O. The molecule has 0 heterocycles. The molecule has 1 N–H and O–H groups in total. The zero-order valence-electron chi connectivity index (χ0n) is 9.40. The molecular weight excluding hydrogens is 221 g/mol. The largest absolute Gasteiger partial charge is 0.478 e. The average molecular weight is 235 g/mol. The lowest BCUT2D eigenvalue weighted by Gasteiger charge is -2.23. The van der Waals surface area contributed by atoms with E-state index in [1.165, 1.54) is 6.07 Å². The Morgan fingerprint density at radius 2 is 1.94 bits per heavy atom. The quantitative estimate of drug-likeness (QED) is 0.771. The maximum atomic E-state index is 13.5. The Bertz CT molecular complexity index is 433. The lowest BCUT2D eigenvalue weighted by atomic mass is 10.1. The molecule has 0 amide bonds. The van der Waals surface area contributed by atoms with Crippen LogP contribution >= 0.6 is 0 Å². The molecule has 0 radical (unpaired) electrons. The molecule has 0 bridgehead atoms. The highest BCUT2D eigenvalue weighted by atomic mass is 19.1. The molecule has 4 heteroatoms. The normalized spacial score (nSPS) is 9.71. The number of benzene rings is 1. The van der Waals surface area contributed by atoms with Crippen molar-refractivity contribution in [3.63, 3.8) is 0 Å². The van der Waals surface area contributed by atoms with Gasteiger partial charge in [0.1, 0.15) is 11.4 Å². The third kappa shape index (κ3) is 2.93. The van der Waals surface area contributed by atoms with Crippen LogP contribution in [0.4, 0.5) is 10.1 Å². The molecule has 17 heavy (non-hydrogen) atoms. The van der Waals surface area contributed by atoms with Gasteiger partial charge < -0.3 is 10.0 Å². The molecule has 0 saturated heterocycles. The highest BCUT2D eigenvalue weighted by molar-refractivity contribution is 5.94. The minimum absolute atomic E-state index is 0.323. The Kier molecular flexibility index (Phi) is 4.46. The molecular formula is C13H14FNO2. The Morgan fingerprint density at radius 1 is 1.35 bits per heavy atom. The smallest absolute Gasteiger partial charge is 0.340 e. The van der Waals surface area contributed by atoms with Crippen LogP contribution in [0.25, 0.3) is 0 Å². The summed E-state index contributed by atoms with van der Waals surface area (Å²) in [5.74, 6) is -2.02. The van der Waals surface area contributed by atoms with Crippen LogP contribution in [0.5, 0.6) is 0 Å². The molecule has 90 valence electrons. The van der Waals surface area contributed by atoms with E-state index in [9.17, 15) is 9.18 Å². The Morgan fingerprint density at radius 3 is 2.41 bits per heavy atom. The van der Waals surface area contributed by atoms with Crippen LogP contribution in [0, 0.1) is 5.82 Å². The first-order chi connectivity index (χ1) is 8.11. The van der Waals surface area contributed by atoms with Crippen molar-refractivity contribution in [2.24, 2.45) is 0 Å². The Labute approximate surface area is 99.5 Å². The van der Waals surface area contributed by atoms with Crippen molar-refractivity contribution in [1.29, 1.82) is 0 Å². The van der Waals surface area contributed by atoms with E-state index in [0.717, 1.165) is 6.07 Å². The second-order valence-corrected chi connectivity index (χ2v) is 3.42. The number of nitrogens with zero attached hydrogens (tertiary/aromatic N) is 1. The fraction of sp³-hybridized carbons (Fsp3) is 0.154. The van der Waals surface area contributed by atoms with Crippen LogP contribution < -0.4 is 4.90 Å². The van der Waals surface area contributed by atoms with E-state index < -0.39 is 11.8 Å². The Balaban J connectivity index is 3.26. The van der Waals surface area contributed by atoms with Crippen LogP contribution in [-0.2, 0) is 0 Å². The van der Waals surface area contributed by atoms with Gasteiger partial charge in [-0.25, -0.2) is 9.18 Å². The molecule has 3 nitrogen and oxygen atoms in total. The lowest BCUT2D eigenvalue weighted by molar-refractivity contribution is 0.0692. The lowest BCUT2D eigenvalue weighted by Crippen LogP contribution is -2.25. The van der Waals surface area contributed by atoms with Gasteiger partial charge in [0, 0.05) is 13.1 Å². The van der Waals surface area contributed by atoms with Gasteiger partial charge in [0.05, 0.1) is 5.69 Å². The van der Waals surface area contributed by atoms with Gasteiger partial charge in [0.15, 0.2) is 0 Å². The van der Waals surface area contributed by atoms with Gasteiger partial charge in [-0.1, -0.05) is 18.2 Å². The molecule has 0 atom stereocenters. The highest BCUT2D eigenvalue weighted by Crippen LogP contribution is 2.23. The summed E-state index contributed by atoms with van der Waals surface area (Å²) in [6.45, 7) is 8.03. The standard InChI is InChI=1S/C13H14FNO2/c1-3-8-15(9-4-2)11-7-5-6-10(14)12(11)13(16)17/h3-7H,1-2,8-9H2,(H,16,17). The monoisotopic (exact) mass is 235 g/mol. The minimum atomic E-state index is -1.28. The number of halogens is 1. The summed E-state index contributed by atoms with van der Waals surface area (Å²) in [6, 6.07) is 4.18. The molecule has 0 unspecified atom stereocenters. The van der Waals surface area contributed by atoms with Crippen molar-refractivity contribution in [2.45, 2.75) is 0 Å². The number of carboxylic acids is 1. The van der Waals surface area contributed by atoms with Crippen molar-refractivity contribution >= 4 is 11.7 Å². The molecule has 0 aromatic heterocycles. The van der Waals surface area contributed by atoms with Crippen LogP contribution in [0.15, 0.2) is 43.5 Å². The summed E-state index contributed by atoms with van der Waals surface area (Å²) < 4.78 is 13.5. The molecule has 1 aromatic rings. The predicted molar refractivity (Wildman–Crippen MR) is 66.0 cm³/mol. The van der Waals surface area contributed by atoms with Gasteiger partial charge in [-0.2, -0.15) is 0 Å². The zero-order chi connectivity index (χ0) is 12.8. The van der Waals surface area contributed by atoms with E-state index in [0.29, 0.717) is 18.8 Å². The first kappa shape index (κ1) is 13.0. The highest BCUT2D eigenvalue weighted by Gasteiger charge is 2.18. The van der Waals surface area contributed by atoms with Crippen molar-refractivity contribution in [2.75, 3.05) is 18.0 Å². The van der Waals surface area contributed by atoms with Crippen LogP contribution in [0.1, 0.15) is 10.4 Å². The molecule has 0 saturated carbocycles. The van der Waals surface area contributed by atoms with Gasteiger partial charge in [-0.05, 0) is 12.1 Å². The summed E-state index contributed by atoms with van der Waals surface area (Å²) in [5, 5.41) is 9.01. The molecule has 0 aliphatic heterocycles. The van der Waals surface area contributed by atoms with E-state index in [2.05, 4.69) is 13.2 Å². The molecule has 1 aromatic carbocycles. The summed E-state index contributed by atoms with van der Waals surface area (Å²) in [7, 11) is 0. The number of carbonyl (C=O) groups is 1. The van der Waals surface area contributed by atoms with Gasteiger partial charge in [0.2, 0.25) is 0 Å². The van der Waals surface area contributed by atoms with Gasteiger partial charge in [0.25, 0.3) is 0 Å². The van der Waals surface area contributed by atoms with Gasteiger partial charge in [-0.15, -0.1) is 13.2 Å². The summed E-state index contributed by atoms with van der Waals surface area (Å²) in [4.78, 5) is 12.7.